The minimum atomic E-state index is 0.638. The molecule has 0 spiro atoms. The lowest BCUT2D eigenvalue weighted by Crippen LogP contribution is -2.52. The van der Waals surface area contributed by atoms with Gasteiger partial charge in [-0.1, -0.05) is 99.8 Å². The zero-order chi connectivity index (χ0) is 25.6. The number of halogens is 3. The standard InChI is InChI=1S/C14H21BrN2.C7H6Br2.C7H16N2/c1-11(2)14-10-17(8-7-16-14)9-12-3-5-13(15)6-4-12;8-5-6-1-3-7(9)4-2-6;1-6(2)7-5-8-3-4-9-7/h3-6,11,14,16H,7-10H2,1-2H3;1-4H,5H2;6-9H,3-5H2,1-2H3. The number of benzene rings is 2. The Morgan fingerprint density at radius 1 is 0.771 bits per heavy atom. The highest BCUT2D eigenvalue weighted by Crippen LogP contribution is 2.15. The lowest BCUT2D eigenvalue weighted by Gasteiger charge is -2.35. The van der Waals surface area contributed by atoms with E-state index in [-0.39, 0.29) is 0 Å². The minimum absolute atomic E-state index is 0.638. The van der Waals surface area contributed by atoms with Crippen molar-refractivity contribution in [3.05, 3.63) is 68.6 Å². The van der Waals surface area contributed by atoms with Crippen LogP contribution in [0.25, 0.3) is 0 Å². The van der Waals surface area contributed by atoms with Crippen molar-refractivity contribution >= 4 is 47.8 Å². The molecule has 2 aromatic carbocycles. The molecule has 2 aromatic rings. The molecule has 4 rings (SSSR count). The number of hydrogen-bond donors (Lipinski definition) is 3. The van der Waals surface area contributed by atoms with Crippen molar-refractivity contribution in [1.82, 2.24) is 20.9 Å². The van der Waals surface area contributed by atoms with E-state index in [0.717, 1.165) is 66.0 Å². The van der Waals surface area contributed by atoms with Crippen molar-refractivity contribution in [3.8, 4) is 0 Å². The summed E-state index contributed by atoms with van der Waals surface area (Å²) in [5.41, 5.74) is 2.70. The molecule has 0 aliphatic carbocycles. The molecule has 2 aliphatic heterocycles. The highest BCUT2D eigenvalue weighted by molar-refractivity contribution is 9.10. The second-order valence-electron chi connectivity index (χ2n) is 9.94. The first-order valence-corrected chi connectivity index (χ1v) is 15.4. The maximum absolute atomic E-state index is 3.59. The van der Waals surface area contributed by atoms with Gasteiger partial charge in [0.15, 0.2) is 0 Å². The molecule has 2 fully saturated rings. The molecule has 2 unspecified atom stereocenters. The summed E-state index contributed by atoms with van der Waals surface area (Å²) in [5, 5.41) is 11.3. The smallest absolute Gasteiger partial charge is 0.0283 e. The molecule has 4 nitrogen and oxygen atoms in total. The molecule has 35 heavy (non-hydrogen) atoms. The fraction of sp³-hybridized carbons (Fsp3) is 0.571. The topological polar surface area (TPSA) is 39.3 Å². The Kier molecular flexibility index (Phi) is 15.3. The van der Waals surface area contributed by atoms with Crippen molar-refractivity contribution in [2.24, 2.45) is 11.8 Å². The van der Waals surface area contributed by atoms with E-state index in [2.05, 4.69) is 133 Å². The summed E-state index contributed by atoms with van der Waals surface area (Å²) in [6.45, 7) is 17.0. The molecular formula is C28H43Br3N4. The second kappa shape index (κ2) is 17.3. The van der Waals surface area contributed by atoms with E-state index in [1.807, 2.05) is 12.1 Å². The highest BCUT2D eigenvalue weighted by Gasteiger charge is 2.21. The van der Waals surface area contributed by atoms with Gasteiger partial charge in [-0.05, 0) is 47.2 Å². The zero-order valence-corrected chi connectivity index (χ0v) is 26.4. The monoisotopic (exact) mass is 672 g/mol. The van der Waals surface area contributed by atoms with Gasteiger partial charge >= 0.3 is 0 Å². The Bertz CT molecular complexity index is 806. The van der Waals surface area contributed by atoms with Gasteiger partial charge in [-0.3, -0.25) is 4.90 Å². The Morgan fingerprint density at radius 3 is 1.77 bits per heavy atom. The van der Waals surface area contributed by atoms with E-state index in [4.69, 9.17) is 0 Å². The van der Waals surface area contributed by atoms with Crippen molar-refractivity contribution < 1.29 is 0 Å². The van der Waals surface area contributed by atoms with Crippen molar-refractivity contribution in [2.75, 3.05) is 39.3 Å². The molecule has 0 amide bonds. The lowest BCUT2D eigenvalue weighted by molar-refractivity contribution is 0.168. The number of alkyl halides is 1. The van der Waals surface area contributed by atoms with Crippen LogP contribution in [0, 0.1) is 11.8 Å². The Hall–Kier alpha value is -0.280. The Morgan fingerprint density at radius 2 is 1.31 bits per heavy atom. The average molecular weight is 675 g/mol. The molecule has 2 aliphatic rings. The second-order valence-corrected chi connectivity index (χ2v) is 12.3. The molecule has 0 bridgehead atoms. The van der Waals surface area contributed by atoms with E-state index < -0.39 is 0 Å². The number of nitrogens with zero attached hydrogens (tertiary/aromatic N) is 1. The van der Waals surface area contributed by atoms with Crippen LogP contribution in [0.5, 0.6) is 0 Å². The molecule has 0 radical (unpaired) electrons. The third kappa shape index (κ3) is 12.7. The fourth-order valence-electron chi connectivity index (χ4n) is 4.00. The highest BCUT2D eigenvalue weighted by atomic mass is 79.9. The number of rotatable bonds is 5. The van der Waals surface area contributed by atoms with Gasteiger partial charge in [-0.25, -0.2) is 0 Å². The number of nitrogens with one attached hydrogen (secondary N) is 3. The summed E-state index contributed by atoms with van der Waals surface area (Å²) in [6, 6.07) is 18.2. The first-order chi connectivity index (χ1) is 16.8. The molecule has 3 N–H and O–H groups in total. The Labute approximate surface area is 238 Å². The van der Waals surface area contributed by atoms with Crippen LogP contribution < -0.4 is 16.0 Å². The molecule has 0 saturated carbocycles. The van der Waals surface area contributed by atoms with E-state index in [1.54, 1.807) is 0 Å². The average Bonchev–Trinajstić information content (AvgIpc) is 2.87. The van der Waals surface area contributed by atoms with Crippen LogP contribution in [0.4, 0.5) is 0 Å². The summed E-state index contributed by atoms with van der Waals surface area (Å²) in [4.78, 5) is 2.55. The quantitative estimate of drug-likeness (QED) is 0.320. The summed E-state index contributed by atoms with van der Waals surface area (Å²) in [5.74, 6) is 1.47. The van der Waals surface area contributed by atoms with Crippen LogP contribution in [0.2, 0.25) is 0 Å². The lowest BCUT2D eigenvalue weighted by atomic mass is 10.0. The predicted molar refractivity (Wildman–Crippen MR) is 162 cm³/mol. The third-order valence-corrected chi connectivity index (χ3v) is 8.06. The largest absolute Gasteiger partial charge is 0.314 e. The van der Waals surface area contributed by atoms with Gasteiger partial charge in [0.2, 0.25) is 0 Å². The van der Waals surface area contributed by atoms with Gasteiger partial charge in [0.25, 0.3) is 0 Å². The molecule has 2 atom stereocenters. The number of hydrogen-bond acceptors (Lipinski definition) is 4. The van der Waals surface area contributed by atoms with Crippen LogP contribution in [0.15, 0.2) is 57.5 Å². The van der Waals surface area contributed by atoms with Crippen molar-refractivity contribution in [3.63, 3.8) is 0 Å². The first-order valence-electron chi connectivity index (χ1n) is 12.7. The van der Waals surface area contributed by atoms with E-state index in [0.29, 0.717) is 18.0 Å². The summed E-state index contributed by atoms with van der Waals surface area (Å²) >= 11 is 10.2. The van der Waals surface area contributed by atoms with Crippen molar-refractivity contribution in [2.45, 2.75) is 51.7 Å². The fourth-order valence-corrected chi connectivity index (χ4v) is 4.90. The van der Waals surface area contributed by atoms with E-state index in [9.17, 15) is 0 Å². The van der Waals surface area contributed by atoms with Crippen LogP contribution in [-0.4, -0.2) is 56.3 Å². The molecular weight excluding hydrogens is 632 g/mol. The maximum Gasteiger partial charge on any atom is 0.0283 e. The summed E-state index contributed by atoms with van der Waals surface area (Å²) < 4.78 is 2.29. The number of piperazine rings is 2. The molecule has 7 heteroatoms. The molecule has 0 aromatic heterocycles. The molecule has 2 saturated heterocycles. The van der Waals surface area contributed by atoms with Crippen molar-refractivity contribution in [1.29, 1.82) is 0 Å². The van der Waals surface area contributed by atoms with Gasteiger partial charge in [-0.2, -0.15) is 0 Å². The van der Waals surface area contributed by atoms with Gasteiger partial charge in [0.05, 0.1) is 0 Å². The van der Waals surface area contributed by atoms with Crippen LogP contribution >= 0.6 is 47.8 Å². The summed E-state index contributed by atoms with van der Waals surface area (Å²) in [7, 11) is 0. The SMILES string of the molecule is BrCc1ccc(Br)cc1.CC(C)C1CN(Cc2ccc(Br)cc2)CCN1.CC(C)C1CNCCN1. The third-order valence-electron chi connectivity index (χ3n) is 6.36. The van der Waals surface area contributed by atoms with Gasteiger partial charge < -0.3 is 16.0 Å². The Balaban J connectivity index is 0.000000203. The van der Waals surface area contributed by atoms with Gasteiger partial charge in [-0.15, -0.1) is 0 Å². The summed E-state index contributed by atoms with van der Waals surface area (Å²) in [6.07, 6.45) is 0. The van der Waals surface area contributed by atoms with Gasteiger partial charge in [0, 0.05) is 72.2 Å². The van der Waals surface area contributed by atoms with Crippen LogP contribution in [0.1, 0.15) is 38.8 Å². The predicted octanol–water partition coefficient (Wildman–Crippen LogP) is 6.43. The molecule has 2 heterocycles. The minimum Gasteiger partial charge on any atom is -0.314 e. The first kappa shape index (κ1) is 30.9. The van der Waals surface area contributed by atoms with Crippen LogP contribution in [0.3, 0.4) is 0 Å². The van der Waals surface area contributed by atoms with E-state index in [1.165, 1.54) is 11.1 Å². The van der Waals surface area contributed by atoms with Gasteiger partial charge in [0.1, 0.15) is 0 Å². The normalized spacial score (nSPS) is 20.6. The maximum atomic E-state index is 3.59. The molecule has 196 valence electrons. The zero-order valence-electron chi connectivity index (χ0n) is 21.7. The van der Waals surface area contributed by atoms with Crippen LogP contribution in [-0.2, 0) is 11.9 Å². The van der Waals surface area contributed by atoms with E-state index >= 15 is 0 Å².